The van der Waals surface area contributed by atoms with Gasteiger partial charge in [-0.15, -0.1) is 0 Å². The summed E-state index contributed by atoms with van der Waals surface area (Å²) in [6.07, 6.45) is 11.2. The summed E-state index contributed by atoms with van der Waals surface area (Å²) in [6.45, 7) is 16.3. The molecule has 4 aliphatic carbocycles. The standard InChI is InChI=1S/C30H44O5/c1-8-33-26-15-19(17-34-26)20-9-10-21-28(20,5)13-11-22-29(6)14-12-24(32)27(3,4)23(29)16-25(30(21,22)7)35-18(2)31/h10,12,14,19-20,22-23,25-26H,8-9,11,13,15-17H2,1-7H3/t19-,20-,22+,23-,25+,26?,28-,29+,30-/m0/s1. The Labute approximate surface area is 211 Å². The summed E-state index contributed by atoms with van der Waals surface area (Å²) in [4.78, 5) is 25.3. The van der Waals surface area contributed by atoms with E-state index in [0.29, 0.717) is 24.4 Å². The van der Waals surface area contributed by atoms with Gasteiger partial charge in [0.25, 0.3) is 0 Å². The third-order valence-corrected chi connectivity index (χ3v) is 11.2. The molecule has 5 heteroatoms. The second kappa shape index (κ2) is 8.28. The Bertz CT molecular complexity index is 964. The second-order valence-electron chi connectivity index (χ2n) is 13.1. The maximum absolute atomic E-state index is 13.0. The molecule has 0 aromatic heterocycles. The lowest BCUT2D eigenvalue weighted by Gasteiger charge is -2.66. The fraction of sp³-hybridized carbons (Fsp3) is 0.800. The molecule has 194 valence electrons. The molecule has 9 atom stereocenters. The Kier molecular flexibility index (Phi) is 5.96. The quantitative estimate of drug-likeness (QED) is 0.368. The van der Waals surface area contributed by atoms with E-state index in [2.05, 4.69) is 46.8 Å². The van der Waals surface area contributed by atoms with Crippen LogP contribution in [-0.4, -0.2) is 37.4 Å². The smallest absolute Gasteiger partial charge is 0.302 e. The minimum absolute atomic E-state index is 0.0612. The molecule has 0 aromatic carbocycles. The highest BCUT2D eigenvalue weighted by molar-refractivity contribution is 5.95. The molecule has 0 spiro atoms. The number of hydrogen-bond acceptors (Lipinski definition) is 5. The maximum Gasteiger partial charge on any atom is 0.302 e. The first-order valence-electron chi connectivity index (χ1n) is 13.7. The number of ketones is 1. The molecule has 1 unspecified atom stereocenters. The highest BCUT2D eigenvalue weighted by Crippen LogP contribution is 2.72. The topological polar surface area (TPSA) is 61.8 Å². The SMILES string of the molecule is CCOC1C[C@H]([C@@H]2CC=C3[C@@]4(C)[C@H](CC[C@]32C)[C@@]2(C)C=CC(=O)C(C)(C)[C@@H]2C[C@H]4OC(C)=O)CO1. The minimum atomic E-state index is -0.466. The van der Waals surface area contributed by atoms with Crippen molar-refractivity contribution in [2.75, 3.05) is 13.2 Å². The van der Waals surface area contributed by atoms with Crippen molar-refractivity contribution in [2.24, 2.45) is 45.3 Å². The Balaban J connectivity index is 1.54. The van der Waals surface area contributed by atoms with Gasteiger partial charge in [-0.2, -0.15) is 0 Å². The Morgan fingerprint density at radius 1 is 1.14 bits per heavy atom. The second-order valence-corrected chi connectivity index (χ2v) is 13.1. The molecule has 1 saturated heterocycles. The van der Waals surface area contributed by atoms with Crippen molar-refractivity contribution in [2.45, 2.75) is 93.0 Å². The van der Waals surface area contributed by atoms with E-state index in [4.69, 9.17) is 14.2 Å². The van der Waals surface area contributed by atoms with Crippen LogP contribution in [0.5, 0.6) is 0 Å². The molecule has 1 aliphatic heterocycles. The van der Waals surface area contributed by atoms with Crippen molar-refractivity contribution in [3.63, 3.8) is 0 Å². The normalized spacial score (nSPS) is 48.1. The van der Waals surface area contributed by atoms with Crippen LogP contribution in [0.1, 0.15) is 80.6 Å². The summed E-state index contributed by atoms with van der Waals surface area (Å²) < 4.78 is 18.0. The van der Waals surface area contributed by atoms with Crippen molar-refractivity contribution in [3.05, 3.63) is 23.8 Å². The van der Waals surface area contributed by atoms with Crippen LogP contribution in [0.3, 0.4) is 0 Å². The molecule has 2 saturated carbocycles. The van der Waals surface area contributed by atoms with Gasteiger partial charge in [0.1, 0.15) is 6.10 Å². The van der Waals surface area contributed by atoms with Crippen molar-refractivity contribution in [3.8, 4) is 0 Å². The van der Waals surface area contributed by atoms with Crippen LogP contribution < -0.4 is 0 Å². The first-order valence-corrected chi connectivity index (χ1v) is 13.7. The molecule has 0 N–H and O–H groups in total. The first-order chi connectivity index (χ1) is 16.4. The molecule has 0 bridgehead atoms. The summed E-state index contributed by atoms with van der Waals surface area (Å²) in [7, 11) is 0. The molecular formula is C30H44O5. The molecule has 5 nitrogen and oxygen atoms in total. The molecular weight excluding hydrogens is 440 g/mol. The number of rotatable bonds is 4. The zero-order chi connectivity index (χ0) is 25.4. The van der Waals surface area contributed by atoms with Gasteiger partial charge in [-0.05, 0) is 73.2 Å². The van der Waals surface area contributed by atoms with E-state index in [1.165, 1.54) is 12.5 Å². The van der Waals surface area contributed by atoms with Crippen molar-refractivity contribution >= 4 is 11.8 Å². The number of ether oxygens (including phenoxy) is 3. The van der Waals surface area contributed by atoms with Crippen molar-refractivity contribution in [1.29, 1.82) is 0 Å². The predicted octanol–water partition coefficient (Wildman–Crippen LogP) is 5.88. The van der Waals surface area contributed by atoms with Crippen LogP contribution in [0.4, 0.5) is 0 Å². The van der Waals surface area contributed by atoms with Crippen LogP contribution in [0.2, 0.25) is 0 Å². The predicted molar refractivity (Wildman–Crippen MR) is 134 cm³/mol. The summed E-state index contributed by atoms with van der Waals surface area (Å²) in [6, 6.07) is 0. The van der Waals surface area contributed by atoms with Gasteiger partial charge in [-0.25, -0.2) is 0 Å². The van der Waals surface area contributed by atoms with Crippen LogP contribution in [0.25, 0.3) is 0 Å². The number of hydrogen-bond donors (Lipinski definition) is 0. The number of allylic oxidation sites excluding steroid dienone is 3. The lowest BCUT2D eigenvalue weighted by molar-refractivity contribution is -0.188. The molecule has 5 aliphatic rings. The average Bonchev–Trinajstić information content (AvgIpc) is 3.37. The Morgan fingerprint density at radius 3 is 2.57 bits per heavy atom. The largest absolute Gasteiger partial charge is 0.462 e. The monoisotopic (exact) mass is 484 g/mol. The summed E-state index contributed by atoms with van der Waals surface area (Å²) in [5.41, 5.74) is 0.718. The molecule has 5 rings (SSSR count). The van der Waals surface area contributed by atoms with Gasteiger partial charge in [-0.3, -0.25) is 9.59 Å². The number of esters is 1. The highest BCUT2D eigenvalue weighted by Gasteiger charge is 2.68. The number of fused-ring (bicyclic) bond motifs is 5. The molecule has 0 radical (unpaired) electrons. The van der Waals surface area contributed by atoms with Gasteiger partial charge in [0, 0.05) is 30.8 Å². The number of carbonyl (C=O) groups is 2. The minimum Gasteiger partial charge on any atom is -0.462 e. The van der Waals surface area contributed by atoms with E-state index in [-0.39, 0.29) is 46.3 Å². The fourth-order valence-corrected chi connectivity index (χ4v) is 9.56. The zero-order valence-electron chi connectivity index (χ0n) is 22.7. The summed E-state index contributed by atoms with van der Waals surface area (Å²) in [5, 5.41) is 0. The van der Waals surface area contributed by atoms with Crippen LogP contribution in [0, 0.1) is 45.3 Å². The van der Waals surface area contributed by atoms with Crippen LogP contribution >= 0.6 is 0 Å². The third-order valence-electron chi connectivity index (χ3n) is 11.2. The highest BCUT2D eigenvalue weighted by atomic mass is 16.7. The van der Waals surface area contributed by atoms with Gasteiger partial charge in [0.05, 0.1) is 6.61 Å². The van der Waals surface area contributed by atoms with Gasteiger partial charge >= 0.3 is 5.97 Å². The zero-order valence-corrected chi connectivity index (χ0v) is 22.7. The third kappa shape index (κ3) is 3.47. The van der Waals surface area contributed by atoms with Crippen molar-refractivity contribution < 1.29 is 23.8 Å². The van der Waals surface area contributed by atoms with E-state index in [1.807, 2.05) is 13.0 Å². The average molecular weight is 485 g/mol. The summed E-state index contributed by atoms with van der Waals surface area (Å²) in [5.74, 6) is 1.43. The van der Waals surface area contributed by atoms with Gasteiger partial charge < -0.3 is 14.2 Å². The Morgan fingerprint density at radius 2 is 1.89 bits per heavy atom. The maximum atomic E-state index is 13.0. The Hall–Kier alpha value is -1.46. The van der Waals surface area contributed by atoms with E-state index >= 15 is 0 Å². The van der Waals surface area contributed by atoms with Crippen LogP contribution in [0.15, 0.2) is 23.8 Å². The molecule has 0 aromatic rings. The molecule has 35 heavy (non-hydrogen) atoms. The first kappa shape index (κ1) is 25.2. The van der Waals surface area contributed by atoms with Gasteiger partial charge in [0.15, 0.2) is 12.1 Å². The van der Waals surface area contributed by atoms with Crippen LogP contribution in [-0.2, 0) is 23.8 Å². The van der Waals surface area contributed by atoms with Gasteiger partial charge in [0.2, 0.25) is 0 Å². The molecule has 0 amide bonds. The lowest BCUT2D eigenvalue weighted by atomic mass is 9.38. The van der Waals surface area contributed by atoms with E-state index in [0.717, 1.165) is 38.7 Å². The van der Waals surface area contributed by atoms with E-state index in [9.17, 15) is 9.59 Å². The fourth-order valence-electron chi connectivity index (χ4n) is 9.56. The lowest BCUT2D eigenvalue weighted by Crippen LogP contribution is -2.64. The van der Waals surface area contributed by atoms with Gasteiger partial charge in [-0.1, -0.05) is 52.3 Å². The number of carbonyl (C=O) groups excluding carboxylic acids is 2. The molecule has 3 fully saturated rings. The van der Waals surface area contributed by atoms with E-state index < -0.39 is 5.41 Å². The van der Waals surface area contributed by atoms with E-state index in [1.54, 1.807) is 0 Å². The molecule has 1 heterocycles. The van der Waals surface area contributed by atoms with Crippen molar-refractivity contribution in [1.82, 2.24) is 0 Å². The summed E-state index contributed by atoms with van der Waals surface area (Å²) >= 11 is 0.